The maximum Gasteiger partial charge on any atom is 0.341 e. The van der Waals surface area contributed by atoms with Crippen molar-refractivity contribution in [3.8, 4) is 17.2 Å². The Kier molecular flexibility index (Phi) is 7.81. The van der Waals surface area contributed by atoms with E-state index in [1.807, 2.05) is 19.9 Å². The van der Waals surface area contributed by atoms with Gasteiger partial charge >= 0.3 is 5.97 Å². The molecular formula is C26H24O7. The van der Waals surface area contributed by atoms with E-state index in [-0.39, 0.29) is 13.2 Å². The summed E-state index contributed by atoms with van der Waals surface area (Å²) in [6.45, 7) is 3.61. The van der Waals surface area contributed by atoms with Crippen molar-refractivity contribution in [3.05, 3.63) is 88.0 Å². The number of aliphatic carboxylic acids is 1. The lowest BCUT2D eigenvalue weighted by Crippen LogP contribution is -2.10. The number of rotatable bonds is 11. The number of hydrogen-bond donors (Lipinski definition) is 1. The molecular weight excluding hydrogens is 424 g/mol. The van der Waals surface area contributed by atoms with E-state index in [9.17, 15) is 14.4 Å². The Hall–Kier alpha value is -4.13. The molecule has 3 aromatic rings. The van der Waals surface area contributed by atoms with E-state index in [0.717, 1.165) is 34.8 Å². The second-order valence-electron chi connectivity index (χ2n) is 7.52. The third kappa shape index (κ3) is 6.67. The number of aldehydes is 2. The summed E-state index contributed by atoms with van der Waals surface area (Å²) in [6.07, 6.45) is 1.59. The van der Waals surface area contributed by atoms with Crippen LogP contribution >= 0.6 is 0 Å². The van der Waals surface area contributed by atoms with Gasteiger partial charge in [-0.15, -0.1) is 0 Å². The SMILES string of the molecule is Cc1cc(OCc2cc(COc3ccc(C=O)c(C)c3)cc(OCC(=O)O)c2)ccc1C=O. The normalized spacial score (nSPS) is 10.4. The van der Waals surface area contributed by atoms with Crippen LogP contribution in [0.3, 0.4) is 0 Å². The van der Waals surface area contributed by atoms with Crippen molar-refractivity contribution in [1.82, 2.24) is 0 Å². The van der Waals surface area contributed by atoms with Crippen LogP contribution in [0.4, 0.5) is 0 Å². The lowest BCUT2D eigenvalue weighted by Gasteiger charge is -2.13. The van der Waals surface area contributed by atoms with Gasteiger partial charge in [0.1, 0.15) is 43.0 Å². The zero-order valence-corrected chi connectivity index (χ0v) is 18.4. The van der Waals surface area contributed by atoms with E-state index in [1.54, 1.807) is 48.5 Å². The summed E-state index contributed by atoms with van der Waals surface area (Å²) in [5.74, 6) is 0.528. The minimum absolute atomic E-state index is 0.213. The first kappa shape index (κ1) is 23.5. The Labute approximate surface area is 191 Å². The number of aryl methyl sites for hydroxylation is 2. The van der Waals surface area contributed by atoms with Crippen molar-refractivity contribution < 1.29 is 33.7 Å². The van der Waals surface area contributed by atoms with Crippen LogP contribution in [0.15, 0.2) is 54.6 Å². The minimum Gasteiger partial charge on any atom is -0.489 e. The number of ether oxygens (including phenoxy) is 3. The van der Waals surface area contributed by atoms with Crippen LogP contribution < -0.4 is 14.2 Å². The van der Waals surface area contributed by atoms with Crippen molar-refractivity contribution >= 4 is 18.5 Å². The van der Waals surface area contributed by atoms with Gasteiger partial charge in [-0.05, 0) is 90.7 Å². The van der Waals surface area contributed by atoms with Gasteiger partial charge in [-0.3, -0.25) is 9.59 Å². The molecule has 33 heavy (non-hydrogen) atoms. The van der Waals surface area contributed by atoms with Gasteiger partial charge in [0, 0.05) is 11.1 Å². The highest BCUT2D eigenvalue weighted by atomic mass is 16.5. The van der Waals surface area contributed by atoms with Crippen LogP contribution in [-0.2, 0) is 18.0 Å². The highest BCUT2D eigenvalue weighted by Crippen LogP contribution is 2.23. The van der Waals surface area contributed by atoms with Crippen LogP contribution in [0.2, 0.25) is 0 Å². The van der Waals surface area contributed by atoms with Gasteiger partial charge in [-0.25, -0.2) is 4.79 Å². The van der Waals surface area contributed by atoms with Crippen molar-refractivity contribution in [2.75, 3.05) is 6.61 Å². The van der Waals surface area contributed by atoms with Crippen molar-refractivity contribution in [1.29, 1.82) is 0 Å². The molecule has 0 bridgehead atoms. The van der Waals surface area contributed by atoms with Gasteiger partial charge in [0.2, 0.25) is 0 Å². The van der Waals surface area contributed by atoms with Crippen molar-refractivity contribution in [2.24, 2.45) is 0 Å². The first-order valence-electron chi connectivity index (χ1n) is 10.2. The van der Waals surface area contributed by atoms with Crippen LogP contribution in [0.1, 0.15) is 43.0 Å². The average molecular weight is 448 g/mol. The molecule has 0 unspecified atom stereocenters. The predicted molar refractivity (Wildman–Crippen MR) is 121 cm³/mol. The number of carbonyl (C=O) groups is 3. The third-order valence-electron chi connectivity index (χ3n) is 4.94. The molecule has 0 aromatic heterocycles. The van der Waals surface area contributed by atoms with E-state index in [1.165, 1.54) is 0 Å². The van der Waals surface area contributed by atoms with Gasteiger partial charge in [-0.2, -0.15) is 0 Å². The van der Waals surface area contributed by atoms with Gasteiger partial charge in [0.25, 0.3) is 0 Å². The average Bonchev–Trinajstić information content (AvgIpc) is 2.80. The molecule has 0 spiro atoms. The van der Waals surface area contributed by atoms with Gasteiger partial charge < -0.3 is 19.3 Å². The molecule has 7 heteroatoms. The smallest absolute Gasteiger partial charge is 0.341 e. The van der Waals surface area contributed by atoms with Gasteiger partial charge in [0.05, 0.1) is 0 Å². The largest absolute Gasteiger partial charge is 0.489 e. The number of carboxylic acid groups (broad SMARTS) is 1. The quantitative estimate of drug-likeness (QED) is 0.430. The van der Waals surface area contributed by atoms with E-state index in [0.29, 0.717) is 28.4 Å². The molecule has 0 aliphatic rings. The summed E-state index contributed by atoms with van der Waals surface area (Å²) in [7, 11) is 0. The molecule has 0 saturated carbocycles. The number of carbonyl (C=O) groups excluding carboxylic acids is 2. The lowest BCUT2D eigenvalue weighted by atomic mass is 10.1. The Morgan fingerprint density at radius 1 is 0.727 bits per heavy atom. The monoisotopic (exact) mass is 448 g/mol. The molecule has 0 aliphatic carbocycles. The van der Waals surface area contributed by atoms with E-state index >= 15 is 0 Å². The Morgan fingerprint density at radius 3 is 1.61 bits per heavy atom. The fourth-order valence-corrected chi connectivity index (χ4v) is 3.20. The highest BCUT2D eigenvalue weighted by Gasteiger charge is 2.08. The molecule has 170 valence electrons. The predicted octanol–water partition coefficient (Wildman–Crippen LogP) is 4.55. The first-order chi connectivity index (χ1) is 15.9. The summed E-state index contributed by atoms with van der Waals surface area (Å²) >= 11 is 0. The number of carboxylic acids is 1. The topological polar surface area (TPSA) is 99.1 Å². The molecule has 0 amide bonds. The standard InChI is InChI=1S/C26H24O7/c1-17-7-23(5-3-21(17)12-27)31-14-19-9-20(11-25(10-19)33-16-26(29)30)15-32-24-6-4-22(13-28)18(2)8-24/h3-13H,14-16H2,1-2H3,(H,29,30). The fraction of sp³-hybridized carbons (Fsp3) is 0.192. The van der Waals surface area contributed by atoms with Gasteiger partial charge in [-0.1, -0.05) is 0 Å². The second-order valence-corrected chi connectivity index (χ2v) is 7.52. The first-order valence-corrected chi connectivity index (χ1v) is 10.2. The Balaban J connectivity index is 1.75. The molecule has 3 rings (SSSR count). The molecule has 1 N–H and O–H groups in total. The van der Waals surface area contributed by atoms with E-state index < -0.39 is 12.6 Å². The molecule has 0 fully saturated rings. The van der Waals surface area contributed by atoms with Crippen LogP contribution in [0, 0.1) is 13.8 Å². The lowest BCUT2D eigenvalue weighted by molar-refractivity contribution is -0.139. The Morgan fingerprint density at radius 2 is 1.21 bits per heavy atom. The summed E-state index contributed by atoms with van der Waals surface area (Å²) in [5.41, 5.74) is 4.35. The van der Waals surface area contributed by atoms with Crippen LogP contribution in [-0.4, -0.2) is 30.3 Å². The summed E-state index contributed by atoms with van der Waals surface area (Å²) in [4.78, 5) is 32.9. The fourth-order valence-electron chi connectivity index (χ4n) is 3.20. The van der Waals surface area contributed by atoms with Crippen molar-refractivity contribution in [2.45, 2.75) is 27.1 Å². The molecule has 0 radical (unpaired) electrons. The molecule has 3 aromatic carbocycles. The Bertz CT molecular complexity index is 1090. The second kappa shape index (κ2) is 10.9. The molecule has 0 atom stereocenters. The summed E-state index contributed by atoms with van der Waals surface area (Å²) in [6, 6.07) is 15.7. The molecule has 0 saturated heterocycles. The molecule has 0 heterocycles. The van der Waals surface area contributed by atoms with Crippen LogP contribution in [0.25, 0.3) is 0 Å². The zero-order valence-electron chi connectivity index (χ0n) is 18.4. The molecule has 0 aliphatic heterocycles. The zero-order chi connectivity index (χ0) is 23.8. The third-order valence-corrected chi connectivity index (χ3v) is 4.94. The highest BCUT2D eigenvalue weighted by molar-refractivity contribution is 5.78. The summed E-state index contributed by atoms with van der Waals surface area (Å²) < 4.78 is 17.1. The maximum atomic E-state index is 11.0. The van der Waals surface area contributed by atoms with E-state index in [2.05, 4.69) is 0 Å². The maximum absolute atomic E-state index is 11.0. The van der Waals surface area contributed by atoms with Crippen molar-refractivity contribution in [3.63, 3.8) is 0 Å². The summed E-state index contributed by atoms with van der Waals surface area (Å²) in [5, 5.41) is 8.93. The van der Waals surface area contributed by atoms with Crippen LogP contribution in [0.5, 0.6) is 17.2 Å². The minimum atomic E-state index is -1.08. The number of hydrogen-bond acceptors (Lipinski definition) is 6. The van der Waals surface area contributed by atoms with E-state index in [4.69, 9.17) is 19.3 Å². The van der Waals surface area contributed by atoms with Gasteiger partial charge in [0.15, 0.2) is 6.61 Å². The molecule has 7 nitrogen and oxygen atoms in total. The number of benzene rings is 3.